The van der Waals surface area contributed by atoms with Crippen molar-refractivity contribution < 1.29 is 8.42 Å². The Morgan fingerprint density at radius 2 is 1.78 bits per heavy atom. The van der Waals surface area contributed by atoms with Crippen LogP contribution in [0.5, 0.6) is 0 Å². The molecule has 4 nitrogen and oxygen atoms in total. The lowest BCUT2D eigenvalue weighted by molar-refractivity contribution is 0.410. The van der Waals surface area contributed by atoms with Crippen molar-refractivity contribution in [3.05, 3.63) is 22.7 Å². The summed E-state index contributed by atoms with van der Waals surface area (Å²) in [6, 6.07) is 4.74. The smallest absolute Gasteiger partial charge is 0.243 e. The Kier molecular flexibility index (Phi) is 5.62. The number of nitrogen functional groups attached to an aromatic ring is 1. The highest BCUT2D eigenvalue weighted by molar-refractivity contribution is 9.10. The van der Waals surface area contributed by atoms with Gasteiger partial charge >= 0.3 is 0 Å². The van der Waals surface area contributed by atoms with Crippen LogP contribution in [0.4, 0.5) is 5.69 Å². The molecule has 0 bridgehead atoms. The first-order valence-electron chi connectivity index (χ1n) is 5.98. The molecule has 0 atom stereocenters. The topological polar surface area (TPSA) is 63.4 Å². The highest BCUT2D eigenvalue weighted by Gasteiger charge is 2.23. The van der Waals surface area contributed by atoms with Gasteiger partial charge in [0, 0.05) is 23.2 Å². The Morgan fingerprint density at radius 1 is 1.22 bits per heavy atom. The number of nitrogens with zero attached hydrogens (tertiary/aromatic N) is 1. The van der Waals surface area contributed by atoms with Crippen LogP contribution in [0.1, 0.15) is 26.7 Å². The molecular formula is C12H19BrN2O2S. The molecule has 0 unspecified atom stereocenters. The summed E-state index contributed by atoms with van der Waals surface area (Å²) in [5.74, 6) is 0. The Balaban J connectivity index is 3.13. The molecule has 6 heteroatoms. The van der Waals surface area contributed by atoms with Crippen LogP contribution in [0.15, 0.2) is 27.6 Å². The van der Waals surface area contributed by atoms with Gasteiger partial charge in [-0.1, -0.05) is 13.8 Å². The van der Waals surface area contributed by atoms with E-state index in [0.29, 0.717) is 23.2 Å². The fraction of sp³-hybridized carbons (Fsp3) is 0.500. The lowest BCUT2D eigenvalue weighted by Crippen LogP contribution is -2.32. The van der Waals surface area contributed by atoms with Crippen molar-refractivity contribution in [2.45, 2.75) is 31.6 Å². The van der Waals surface area contributed by atoms with Crippen LogP contribution < -0.4 is 5.73 Å². The summed E-state index contributed by atoms with van der Waals surface area (Å²) in [4.78, 5) is 0.255. The number of sulfonamides is 1. The maximum absolute atomic E-state index is 12.4. The van der Waals surface area contributed by atoms with Crippen molar-refractivity contribution in [2.75, 3.05) is 18.8 Å². The normalized spacial score (nSPS) is 12.0. The molecule has 1 rings (SSSR count). The van der Waals surface area contributed by atoms with Crippen molar-refractivity contribution in [2.24, 2.45) is 0 Å². The van der Waals surface area contributed by atoms with Gasteiger partial charge in [0.15, 0.2) is 0 Å². The first kappa shape index (κ1) is 15.5. The van der Waals surface area contributed by atoms with Crippen molar-refractivity contribution in [3.63, 3.8) is 0 Å². The van der Waals surface area contributed by atoms with Gasteiger partial charge in [-0.25, -0.2) is 8.42 Å². The lowest BCUT2D eigenvalue weighted by atomic mass is 10.3. The van der Waals surface area contributed by atoms with E-state index in [1.165, 1.54) is 10.4 Å². The third-order valence-corrected chi connectivity index (χ3v) is 5.17. The van der Waals surface area contributed by atoms with Gasteiger partial charge < -0.3 is 5.73 Å². The molecule has 0 aromatic heterocycles. The van der Waals surface area contributed by atoms with Gasteiger partial charge in [-0.15, -0.1) is 0 Å². The number of nitrogens with two attached hydrogens (primary N) is 1. The molecule has 18 heavy (non-hydrogen) atoms. The Hall–Kier alpha value is -0.590. The first-order valence-corrected chi connectivity index (χ1v) is 8.22. The molecule has 2 N–H and O–H groups in total. The summed E-state index contributed by atoms with van der Waals surface area (Å²) in [6.07, 6.45) is 1.59. The number of halogens is 1. The Labute approximate surface area is 117 Å². The average molecular weight is 335 g/mol. The largest absolute Gasteiger partial charge is 0.398 e. The molecule has 0 fully saturated rings. The molecule has 0 radical (unpaired) electrons. The average Bonchev–Trinajstić information content (AvgIpc) is 2.32. The van der Waals surface area contributed by atoms with Gasteiger partial charge in [-0.05, 0) is 47.0 Å². The number of hydrogen-bond donors (Lipinski definition) is 1. The molecule has 0 saturated heterocycles. The summed E-state index contributed by atoms with van der Waals surface area (Å²) < 4.78 is 27.1. The van der Waals surface area contributed by atoms with Crippen LogP contribution in [0.3, 0.4) is 0 Å². The molecule has 1 aromatic carbocycles. The predicted molar refractivity (Wildman–Crippen MR) is 77.9 cm³/mol. The van der Waals surface area contributed by atoms with Crippen LogP contribution in [-0.4, -0.2) is 25.8 Å². The van der Waals surface area contributed by atoms with Crippen LogP contribution in [0.25, 0.3) is 0 Å². The minimum absolute atomic E-state index is 0.255. The van der Waals surface area contributed by atoms with E-state index in [-0.39, 0.29) is 4.90 Å². The van der Waals surface area contributed by atoms with Gasteiger partial charge in [0.25, 0.3) is 0 Å². The highest BCUT2D eigenvalue weighted by Crippen LogP contribution is 2.25. The molecule has 102 valence electrons. The molecule has 0 aliphatic carbocycles. The van der Waals surface area contributed by atoms with Crippen molar-refractivity contribution in [1.82, 2.24) is 4.31 Å². The summed E-state index contributed by atoms with van der Waals surface area (Å²) in [7, 11) is -3.43. The second kappa shape index (κ2) is 6.54. The van der Waals surface area contributed by atoms with Crippen LogP contribution in [-0.2, 0) is 10.0 Å². The van der Waals surface area contributed by atoms with E-state index < -0.39 is 10.0 Å². The summed E-state index contributed by atoms with van der Waals surface area (Å²) >= 11 is 3.26. The van der Waals surface area contributed by atoms with E-state index in [9.17, 15) is 8.42 Å². The number of benzene rings is 1. The number of rotatable bonds is 6. The minimum atomic E-state index is -3.43. The molecule has 1 aromatic rings. The molecule has 0 saturated carbocycles. The predicted octanol–water partition coefficient (Wildman–Crippen LogP) is 2.84. The molecule has 0 spiro atoms. The van der Waals surface area contributed by atoms with Gasteiger partial charge in [0.05, 0.1) is 4.90 Å². The lowest BCUT2D eigenvalue weighted by Gasteiger charge is -2.21. The molecule has 0 aliphatic heterocycles. The SMILES string of the molecule is CCCN(CCC)S(=O)(=O)c1ccc(Br)c(N)c1. The second-order valence-corrected chi connectivity index (χ2v) is 6.88. The van der Waals surface area contributed by atoms with Crippen LogP contribution in [0.2, 0.25) is 0 Å². The van der Waals surface area contributed by atoms with Gasteiger partial charge in [-0.2, -0.15) is 4.31 Å². The standard InChI is InChI=1S/C12H19BrN2O2S/c1-3-7-15(8-4-2)18(16,17)10-5-6-11(13)12(14)9-10/h5-6,9H,3-4,7-8,14H2,1-2H3. The Bertz CT molecular complexity index is 497. The monoisotopic (exact) mass is 334 g/mol. The zero-order valence-electron chi connectivity index (χ0n) is 10.7. The second-order valence-electron chi connectivity index (χ2n) is 4.09. The van der Waals surface area contributed by atoms with E-state index in [1.807, 2.05) is 13.8 Å². The molecule has 0 aliphatic rings. The number of hydrogen-bond acceptors (Lipinski definition) is 3. The van der Waals surface area contributed by atoms with E-state index in [2.05, 4.69) is 15.9 Å². The third-order valence-electron chi connectivity index (χ3n) is 2.55. The van der Waals surface area contributed by atoms with Crippen molar-refractivity contribution in [1.29, 1.82) is 0 Å². The van der Waals surface area contributed by atoms with Crippen LogP contribution >= 0.6 is 15.9 Å². The maximum atomic E-state index is 12.4. The summed E-state index contributed by atoms with van der Waals surface area (Å²) in [6.45, 7) is 5.00. The third kappa shape index (κ3) is 3.46. The zero-order chi connectivity index (χ0) is 13.8. The molecule has 0 amide bonds. The Morgan fingerprint density at radius 3 is 2.22 bits per heavy atom. The minimum Gasteiger partial charge on any atom is -0.398 e. The highest BCUT2D eigenvalue weighted by atomic mass is 79.9. The van der Waals surface area contributed by atoms with Crippen LogP contribution in [0, 0.1) is 0 Å². The fourth-order valence-corrected chi connectivity index (χ4v) is 3.59. The van der Waals surface area contributed by atoms with E-state index in [1.54, 1.807) is 12.1 Å². The van der Waals surface area contributed by atoms with E-state index >= 15 is 0 Å². The van der Waals surface area contributed by atoms with Gasteiger partial charge in [0.2, 0.25) is 10.0 Å². The van der Waals surface area contributed by atoms with E-state index in [4.69, 9.17) is 5.73 Å². The summed E-state index contributed by atoms with van der Waals surface area (Å²) in [5, 5.41) is 0. The maximum Gasteiger partial charge on any atom is 0.243 e. The quantitative estimate of drug-likeness (QED) is 0.813. The van der Waals surface area contributed by atoms with Gasteiger partial charge in [0.1, 0.15) is 0 Å². The molecule has 0 heterocycles. The van der Waals surface area contributed by atoms with Crippen molar-refractivity contribution >= 4 is 31.6 Å². The van der Waals surface area contributed by atoms with Crippen molar-refractivity contribution in [3.8, 4) is 0 Å². The van der Waals surface area contributed by atoms with E-state index in [0.717, 1.165) is 12.8 Å². The molecular weight excluding hydrogens is 316 g/mol. The fourth-order valence-electron chi connectivity index (χ4n) is 1.68. The summed E-state index contributed by atoms with van der Waals surface area (Å²) in [5.41, 5.74) is 6.17. The van der Waals surface area contributed by atoms with Gasteiger partial charge in [-0.3, -0.25) is 0 Å². The first-order chi connectivity index (χ1) is 8.43. The zero-order valence-corrected chi connectivity index (χ0v) is 13.1. The number of anilines is 1.